The van der Waals surface area contributed by atoms with Crippen LogP contribution in [0.2, 0.25) is 0 Å². The first-order chi connectivity index (χ1) is 3.63. The third-order valence-corrected chi connectivity index (χ3v) is 0.669. The molecule has 0 aliphatic carbocycles. The van der Waals surface area contributed by atoms with E-state index in [4.69, 9.17) is 0 Å². The first-order valence-corrected chi connectivity index (χ1v) is 2.85. The van der Waals surface area contributed by atoms with Gasteiger partial charge in [-0.2, -0.15) is 0 Å². The molecule has 0 aromatic carbocycles. The lowest BCUT2D eigenvalue weighted by Crippen LogP contribution is -2.05. The second-order valence-corrected chi connectivity index (χ2v) is 1.81. The van der Waals surface area contributed by atoms with Crippen LogP contribution in [0, 0.1) is 0 Å². The molecule has 1 unspecified atom stereocenters. The van der Waals surface area contributed by atoms with E-state index < -0.39 is 11.4 Å². The molecule has 0 radical (unpaired) electrons. The first kappa shape index (κ1) is 7.74. The van der Waals surface area contributed by atoms with Gasteiger partial charge in [-0.1, -0.05) is 0 Å². The van der Waals surface area contributed by atoms with Crippen LogP contribution in [0.3, 0.4) is 0 Å². The molecule has 0 bridgehead atoms. The molecule has 0 aliphatic heterocycles. The summed E-state index contributed by atoms with van der Waals surface area (Å²) in [4.78, 5) is 9.95. The molecule has 0 aromatic rings. The molecule has 1 atom stereocenters. The van der Waals surface area contributed by atoms with Crippen molar-refractivity contribution in [3.8, 4) is 0 Å². The van der Waals surface area contributed by atoms with E-state index in [0.29, 0.717) is 0 Å². The van der Waals surface area contributed by atoms with Gasteiger partial charge in [0.15, 0.2) is 5.78 Å². The molecule has 0 aromatic heterocycles. The highest BCUT2D eigenvalue weighted by Gasteiger charge is 1.89. The van der Waals surface area contributed by atoms with Crippen LogP contribution < -0.4 is 0 Å². The minimum Gasteiger partial charge on any atom is -0.750 e. The van der Waals surface area contributed by atoms with E-state index >= 15 is 0 Å². The Morgan fingerprint density at radius 3 is 2.50 bits per heavy atom. The summed E-state index contributed by atoms with van der Waals surface area (Å²) in [6, 6.07) is 0. The quantitative estimate of drug-likeness (QED) is 0.486. The third kappa shape index (κ3) is 5.74. The Hall–Kier alpha value is -0.260. The summed E-state index contributed by atoms with van der Waals surface area (Å²) >= 11 is -2.56. The maximum absolute atomic E-state index is 9.95. The fourth-order valence-corrected chi connectivity index (χ4v) is 0.393. The number of ketones is 1. The smallest absolute Gasteiger partial charge is 0.156 e. The summed E-state index contributed by atoms with van der Waals surface area (Å²) in [5.41, 5.74) is 0. The van der Waals surface area contributed by atoms with E-state index in [-0.39, 0.29) is 12.4 Å². The minimum absolute atomic E-state index is 0.311. The summed E-state index contributed by atoms with van der Waals surface area (Å²) in [5, 5.41) is 0. The highest BCUT2D eigenvalue weighted by molar-refractivity contribution is 7.74. The number of rotatable bonds is 3. The summed E-state index contributed by atoms with van der Waals surface area (Å²) in [7, 11) is 0. The fourth-order valence-electron chi connectivity index (χ4n) is 0.131. The highest BCUT2D eigenvalue weighted by Crippen LogP contribution is 1.77. The van der Waals surface area contributed by atoms with E-state index in [1.807, 2.05) is 0 Å². The number of hydrogen-bond donors (Lipinski definition) is 0. The van der Waals surface area contributed by atoms with Crippen molar-refractivity contribution >= 4 is 17.1 Å². The Kier molecular flexibility index (Phi) is 3.59. The largest absolute Gasteiger partial charge is 0.750 e. The summed E-state index contributed by atoms with van der Waals surface area (Å²) in [6.45, 7) is 0.878. The molecule has 5 heteroatoms. The van der Waals surface area contributed by atoms with Gasteiger partial charge in [0.1, 0.15) is 6.61 Å². The highest BCUT2D eigenvalue weighted by atomic mass is 32.2. The van der Waals surface area contributed by atoms with E-state index in [2.05, 4.69) is 4.18 Å². The van der Waals surface area contributed by atoms with Crippen molar-refractivity contribution in [3.05, 3.63) is 0 Å². The average Bonchev–Trinajstić information content (AvgIpc) is 1.61. The van der Waals surface area contributed by atoms with Crippen molar-refractivity contribution in [2.75, 3.05) is 6.61 Å². The normalized spacial score (nSPS) is 13.2. The van der Waals surface area contributed by atoms with Crippen molar-refractivity contribution in [1.29, 1.82) is 0 Å². The lowest BCUT2D eigenvalue weighted by atomic mass is 10.5. The van der Waals surface area contributed by atoms with Crippen molar-refractivity contribution in [2.45, 2.75) is 6.92 Å². The minimum atomic E-state index is -2.56. The Morgan fingerprint density at radius 1 is 1.88 bits per heavy atom. The summed E-state index contributed by atoms with van der Waals surface area (Å²) < 4.78 is 22.9. The summed E-state index contributed by atoms with van der Waals surface area (Å²) in [6.07, 6.45) is 0. The molecule has 48 valence electrons. The predicted octanol–water partition coefficient (Wildman–Crippen LogP) is -0.614. The molecule has 0 amide bonds. The molecular formula is C3H5O4S-. The molecule has 0 saturated heterocycles. The Morgan fingerprint density at radius 2 is 2.38 bits per heavy atom. The molecule has 0 rings (SSSR count). The SMILES string of the molecule is CC(=O)COS(=O)[O-]. The second-order valence-electron chi connectivity index (χ2n) is 1.17. The van der Waals surface area contributed by atoms with Crippen LogP contribution in [0.15, 0.2) is 0 Å². The van der Waals surface area contributed by atoms with E-state index in [1.165, 1.54) is 6.92 Å². The van der Waals surface area contributed by atoms with Crippen LogP contribution in [-0.2, 0) is 20.3 Å². The average molecular weight is 137 g/mol. The lowest BCUT2D eigenvalue weighted by molar-refractivity contribution is -0.118. The second kappa shape index (κ2) is 3.71. The van der Waals surface area contributed by atoms with E-state index in [1.54, 1.807) is 0 Å². The van der Waals surface area contributed by atoms with Gasteiger partial charge in [-0.15, -0.1) is 0 Å². The van der Waals surface area contributed by atoms with Crippen LogP contribution in [0.5, 0.6) is 0 Å². The molecule has 0 spiro atoms. The molecule has 8 heavy (non-hydrogen) atoms. The zero-order valence-corrected chi connectivity index (χ0v) is 5.06. The number of Topliss-reactive ketones (excluding diaryl/α,β-unsaturated/α-hetero) is 1. The van der Waals surface area contributed by atoms with Gasteiger partial charge in [0, 0.05) is 0 Å². The van der Waals surface area contributed by atoms with Gasteiger partial charge in [0.2, 0.25) is 0 Å². The van der Waals surface area contributed by atoms with E-state index in [9.17, 15) is 13.6 Å². The van der Waals surface area contributed by atoms with Crippen molar-refractivity contribution < 1.29 is 17.7 Å². The molecule has 0 fully saturated rings. The predicted molar refractivity (Wildman–Crippen MR) is 25.6 cm³/mol. The summed E-state index contributed by atoms with van der Waals surface area (Å²) in [5.74, 6) is -0.311. The van der Waals surface area contributed by atoms with Crippen molar-refractivity contribution in [2.24, 2.45) is 0 Å². The molecule has 0 N–H and O–H groups in total. The number of carbonyl (C=O) groups is 1. The van der Waals surface area contributed by atoms with Gasteiger partial charge >= 0.3 is 0 Å². The molecule has 4 nitrogen and oxygen atoms in total. The Balaban J connectivity index is 3.18. The third-order valence-electron chi connectivity index (χ3n) is 0.358. The van der Waals surface area contributed by atoms with Crippen molar-refractivity contribution in [1.82, 2.24) is 0 Å². The monoisotopic (exact) mass is 137 g/mol. The molecule has 0 aliphatic rings. The maximum Gasteiger partial charge on any atom is 0.156 e. The van der Waals surface area contributed by atoms with Gasteiger partial charge < -0.3 is 4.55 Å². The van der Waals surface area contributed by atoms with Crippen LogP contribution in [0.25, 0.3) is 0 Å². The van der Waals surface area contributed by atoms with Gasteiger partial charge in [-0.3, -0.25) is 8.98 Å². The molecule has 0 saturated carbocycles. The van der Waals surface area contributed by atoms with Crippen LogP contribution in [0.4, 0.5) is 0 Å². The number of carbonyl (C=O) groups excluding carboxylic acids is 1. The standard InChI is InChI=1S/C3H6O4S/c1-3(4)2-7-8(5)6/h2H2,1H3,(H,5,6)/p-1. The van der Waals surface area contributed by atoms with Crippen LogP contribution in [0.1, 0.15) is 6.92 Å². The van der Waals surface area contributed by atoms with Crippen LogP contribution >= 0.6 is 0 Å². The van der Waals surface area contributed by atoms with Gasteiger partial charge in [0.05, 0.1) is 11.4 Å². The molecular weight excluding hydrogens is 132 g/mol. The molecule has 0 heterocycles. The van der Waals surface area contributed by atoms with Gasteiger partial charge in [0.25, 0.3) is 0 Å². The van der Waals surface area contributed by atoms with Gasteiger partial charge in [-0.25, -0.2) is 4.21 Å². The first-order valence-electron chi connectivity index (χ1n) is 1.85. The fraction of sp³-hybridized carbons (Fsp3) is 0.667. The Labute approximate surface area is 49.3 Å². The van der Waals surface area contributed by atoms with E-state index in [0.717, 1.165) is 0 Å². The number of hydrogen-bond acceptors (Lipinski definition) is 4. The zero-order chi connectivity index (χ0) is 6.57. The lowest BCUT2D eigenvalue weighted by Gasteiger charge is -2.00. The Bertz CT molecular complexity index is 95.9. The topological polar surface area (TPSA) is 66.4 Å². The van der Waals surface area contributed by atoms with Crippen molar-refractivity contribution in [3.63, 3.8) is 0 Å². The van der Waals surface area contributed by atoms with Gasteiger partial charge in [-0.05, 0) is 6.92 Å². The maximum atomic E-state index is 9.95. The van der Waals surface area contributed by atoms with Crippen LogP contribution in [-0.4, -0.2) is 21.2 Å². The zero-order valence-electron chi connectivity index (χ0n) is 4.25.